The molecular weight excluding hydrogens is 796 g/mol. The summed E-state index contributed by atoms with van der Waals surface area (Å²) in [5.74, 6) is 0. The van der Waals surface area contributed by atoms with Gasteiger partial charge in [0.15, 0.2) is 0 Å². The SMILES string of the molecule is Cc1cc2c(cc1N1c3cc(-c4ccccc4)ccc3B3c4c1cc1ccccc1c4-c1cc(-c4ccccc4)ccc1N3c1ccc3c(c1)C(C)(C)CCC3(C)C)C(C)(C)CCC2(C)C. The molecule has 0 fully saturated rings. The average Bonchev–Trinajstić information content (AvgIpc) is 3.32. The van der Waals surface area contributed by atoms with Crippen molar-refractivity contribution in [1.29, 1.82) is 0 Å². The van der Waals surface area contributed by atoms with Gasteiger partial charge in [0, 0.05) is 34.0 Å². The minimum atomic E-state index is -0.0863. The van der Waals surface area contributed by atoms with E-state index >= 15 is 0 Å². The van der Waals surface area contributed by atoms with Crippen molar-refractivity contribution in [2.45, 2.75) is 110 Å². The van der Waals surface area contributed by atoms with E-state index in [2.05, 4.69) is 230 Å². The lowest BCUT2D eigenvalue weighted by Gasteiger charge is -2.48. The molecule has 8 aromatic rings. The van der Waals surface area contributed by atoms with Crippen LogP contribution in [-0.4, -0.2) is 6.85 Å². The Morgan fingerprint density at radius 3 is 1.65 bits per heavy atom. The normalized spacial score (nSPS) is 17.9. The van der Waals surface area contributed by atoms with Crippen molar-refractivity contribution >= 4 is 57.0 Å². The number of benzene rings is 8. The Balaban J connectivity index is 1.21. The quantitative estimate of drug-likeness (QED) is 0.163. The molecule has 2 nitrogen and oxygen atoms in total. The molecule has 0 radical (unpaired) electrons. The minimum Gasteiger partial charge on any atom is -0.376 e. The minimum absolute atomic E-state index is 0.0571. The number of nitrogens with zero attached hydrogens (tertiary/aromatic N) is 2. The van der Waals surface area contributed by atoms with Crippen molar-refractivity contribution in [3.8, 4) is 33.4 Å². The van der Waals surface area contributed by atoms with Crippen molar-refractivity contribution in [3.63, 3.8) is 0 Å². The van der Waals surface area contributed by atoms with Gasteiger partial charge in [0.1, 0.15) is 0 Å². The molecule has 0 aromatic heterocycles. The van der Waals surface area contributed by atoms with Crippen LogP contribution < -0.4 is 20.6 Å². The summed E-state index contributed by atoms with van der Waals surface area (Å²) in [5, 5.41) is 2.56. The molecule has 0 saturated heterocycles. The number of hydrogen-bond donors (Lipinski definition) is 0. The van der Waals surface area contributed by atoms with E-state index in [1.54, 1.807) is 0 Å². The fourth-order valence-electron chi connectivity index (χ4n) is 12.6. The fraction of sp³-hybridized carbons (Fsp3) is 0.270. The van der Waals surface area contributed by atoms with Crippen LogP contribution >= 0.6 is 0 Å². The smallest absolute Gasteiger partial charge is 0.333 e. The molecular formula is C63H61BN2. The molecule has 0 bridgehead atoms. The van der Waals surface area contributed by atoms with Gasteiger partial charge in [-0.2, -0.15) is 0 Å². The molecule has 8 aromatic carbocycles. The van der Waals surface area contributed by atoms with Gasteiger partial charge in [0.05, 0.1) is 0 Å². The monoisotopic (exact) mass is 856 g/mol. The zero-order valence-electron chi connectivity index (χ0n) is 40.3. The predicted octanol–water partition coefficient (Wildman–Crippen LogP) is 15.9. The van der Waals surface area contributed by atoms with Gasteiger partial charge in [0.2, 0.25) is 0 Å². The van der Waals surface area contributed by atoms with Crippen LogP contribution in [0, 0.1) is 6.92 Å². The zero-order valence-corrected chi connectivity index (χ0v) is 40.3. The number of anilines is 5. The summed E-state index contributed by atoms with van der Waals surface area (Å²) >= 11 is 0. The third-order valence-electron chi connectivity index (χ3n) is 16.7. The highest BCUT2D eigenvalue weighted by Gasteiger charge is 2.48. The lowest BCUT2D eigenvalue weighted by molar-refractivity contribution is 0.332. The van der Waals surface area contributed by atoms with E-state index in [-0.39, 0.29) is 28.5 Å². The van der Waals surface area contributed by atoms with Crippen molar-refractivity contribution in [2.24, 2.45) is 0 Å². The largest absolute Gasteiger partial charge is 0.376 e. The first-order chi connectivity index (χ1) is 31.6. The number of aryl methyl sites for hydroxylation is 1. The third-order valence-corrected chi connectivity index (χ3v) is 16.7. The van der Waals surface area contributed by atoms with Crippen LogP contribution in [-0.2, 0) is 21.7 Å². The highest BCUT2D eigenvalue weighted by molar-refractivity contribution is 6.94. The molecule has 66 heavy (non-hydrogen) atoms. The molecule has 12 rings (SSSR count). The molecule has 0 unspecified atom stereocenters. The van der Waals surface area contributed by atoms with Gasteiger partial charge in [0.25, 0.3) is 0 Å². The first kappa shape index (κ1) is 41.1. The van der Waals surface area contributed by atoms with E-state index in [9.17, 15) is 0 Å². The fourth-order valence-corrected chi connectivity index (χ4v) is 12.6. The Kier molecular flexibility index (Phi) is 8.94. The molecule has 326 valence electrons. The summed E-state index contributed by atoms with van der Waals surface area (Å²) in [6.45, 7) is 21.9. The zero-order chi connectivity index (χ0) is 45.5. The lowest BCUT2D eigenvalue weighted by atomic mass is 9.43. The molecule has 3 heteroatoms. The van der Waals surface area contributed by atoms with E-state index in [0.29, 0.717) is 0 Å². The lowest BCUT2D eigenvalue weighted by Crippen LogP contribution is -2.61. The van der Waals surface area contributed by atoms with E-state index in [4.69, 9.17) is 0 Å². The molecule has 0 amide bonds. The average molecular weight is 857 g/mol. The van der Waals surface area contributed by atoms with Crippen molar-refractivity contribution in [2.75, 3.05) is 9.71 Å². The van der Waals surface area contributed by atoms with Crippen LogP contribution in [0.5, 0.6) is 0 Å². The third kappa shape index (κ3) is 6.14. The Hall–Kier alpha value is -6.32. The van der Waals surface area contributed by atoms with Gasteiger partial charge in [-0.05, 0) is 174 Å². The number of hydrogen-bond acceptors (Lipinski definition) is 2. The summed E-state index contributed by atoms with van der Waals surface area (Å²) < 4.78 is 0. The second-order valence-corrected chi connectivity index (χ2v) is 22.7. The van der Waals surface area contributed by atoms with Gasteiger partial charge < -0.3 is 9.71 Å². The Morgan fingerprint density at radius 1 is 0.424 bits per heavy atom. The summed E-state index contributed by atoms with van der Waals surface area (Å²) in [7, 11) is 0. The molecule has 0 N–H and O–H groups in total. The molecule has 0 atom stereocenters. The van der Waals surface area contributed by atoms with Crippen molar-refractivity contribution in [3.05, 3.63) is 186 Å². The van der Waals surface area contributed by atoms with Crippen LogP contribution in [0.1, 0.15) is 109 Å². The van der Waals surface area contributed by atoms with Crippen LogP contribution in [0.25, 0.3) is 44.2 Å². The van der Waals surface area contributed by atoms with E-state index in [1.807, 2.05) is 0 Å². The van der Waals surface area contributed by atoms with Crippen LogP contribution in [0.2, 0.25) is 0 Å². The number of rotatable bonds is 4. The van der Waals surface area contributed by atoms with Crippen molar-refractivity contribution in [1.82, 2.24) is 0 Å². The highest BCUT2D eigenvalue weighted by Crippen LogP contribution is 2.54. The van der Waals surface area contributed by atoms with Gasteiger partial charge >= 0.3 is 6.85 Å². The Bertz CT molecular complexity index is 3280. The molecule has 0 spiro atoms. The summed E-state index contributed by atoms with van der Waals surface area (Å²) in [4.78, 5) is 5.41. The summed E-state index contributed by atoms with van der Waals surface area (Å²) in [6.07, 6.45) is 4.72. The van der Waals surface area contributed by atoms with E-state index in [0.717, 1.165) is 0 Å². The first-order valence-corrected chi connectivity index (χ1v) is 24.5. The second-order valence-electron chi connectivity index (χ2n) is 22.7. The second kappa shape index (κ2) is 14.3. The van der Waals surface area contributed by atoms with Crippen LogP contribution in [0.15, 0.2) is 158 Å². The Labute approximate surface area is 393 Å². The first-order valence-electron chi connectivity index (χ1n) is 24.5. The Morgan fingerprint density at radius 2 is 0.985 bits per heavy atom. The summed E-state index contributed by atoms with van der Waals surface area (Å²) in [5.41, 5.74) is 24.2. The van der Waals surface area contributed by atoms with Crippen LogP contribution in [0.3, 0.4) is 0 Å². The van der Waals surface area contributed by atoms with E-state index < -0.39 is 0 Å². The van der Waals surface area contributed by atoms with Gasteiger partial charge in [-0.15, -0.1) is 0 Å². The molecule has 2 heterocycles. The standard InChI is InChI=1S/C63H61BN2/c1-40-34-50-52(63(8,9)33-32-61(50,4)5)39-55(40)65-56-36-44(42-20-14-11-15-21-42)24-28-53(56)64-59-57(65)37-45-22-16-17-23-47(45)58(59)48-35-43(41-18-12-10-13-19-41)25-29-54(48)66(64)46-26-27-49-51(38-46)62(6,7)31-30-60(49,2)3/h10-29,34-39H,30-33H2,1-9H3. The molecule has 0 saturated carbocycles. The molecule has 2 aliphatic carbocycles. The predicted molar refractivity (Wildman–Crippen MR) is 284 cm³/mol. The van der Waals surface area contributed by atoms with E-state index in [1.165, 1.54) is 137 Å². The maximum atomic E-state index is 2.73. The topological polar surface area (TPSA) is 6.48 Å². The molecule has 4 aliphatic rings. The van der Waals surface area contributed by atoms with Gasteiger partial charge in [-0.3, -0.25) is 0 Å². The number of fused-ring (bicyclic) bond motifs is 8. The van der Waals surface area contributed by atoms with Crippen molar-refractivity contribution < 1.29 is 0 Å². The van der Waals surface area contributed by atoms with Gasteiger partial charge in [-0.25, -0.2) is 0 Å². The molecule has 2 aliphatic heterocycles. The highest BCUT2D eigenvalue weighted by atomic mass is 15.2. The maximum Gasteiger partial charge on any atom is 0.333 e. The van der Waals surface area contributed by atoms with Crippen LogP contribution in [0.4, 0.5) is 28.4 Å². The summed E-state index contributed by atoms with van der Waals surface area (Å²) in [6, 6.07) is 60.9. The maximum absolute atomic E-state index is 2.73. The van der Waals surface area contributed by atoms with Gasteiger partial charge in [-0.1, -0.05) is 171 Å².